The van der Waals surface area contributed by atoms with E-state index in [1.807, 2.05) is 24.3 Å². The van der Waals surface area contributed by atoms with Gasteiger partial charge in [-0.2, -0.15) is 5.10 Å². The number of Topliss-reactive ketones (excluding diaryl/α,β-unsaturated/α-hetero) is 1. The van der Waals surface area contributed by atoms with Crippen molar-refractivity contribution in [3.8, 4) is 10.6 Å². The number of H-pyrrole nitrogens is 1. The molecule has 0 aliphatic rings. The van der Waals surface area contributed by atoms with E-state index in [0.717, 1.165) is 10.3 Å². The Kier molecular flexibility index (Phi) is 2.76. The summed E-state index contributed by atoms with van der Waals surface area (Å²) in [5.74, 6) is 0.0324. The fourth-order valence-electron chi connectivity index (χ4n) is 1.96. The van der Waals surface area contributed by atoms with Gasteiger partial charge in [0.25, 0.3) is 5.56 Å². The molecule has 3 aromatic rings. The SMILES string of the molecule is CC(=O)c1ccc(-c2n[nH]c(=O)c3ccccc23)s1. The number of hydrogen-bond acceptors (Lipinski definition) is 4. The minimum absolute atomic E-state index is 0.0324. The average Bonchev–Trinajstić information content (AvgIpc) is 2.89. The van der Waals surface area contributed by atoms with Crippen LogP contribution in [0.4, 0.5) is 0 Å². The number of ketones is 1. The third-order valence-electron chi connectivity index (χ3n) is 2.88. The maximum absolute atomic E-state index is 11.7. The Morgan fingerprint density at radius 3 is 2.58 bits per heavy atom. The molecule has 3 rings (SSSR count). The predicted octanol–water partition coefficient (Wildman–Crippen LogP) is 2.85. The molecule has 0 fully saturated rings. The van der Waals surface area contributed by atoms with Crippen LogP contribution in [0.3, 0.4) is 0 Å². The van der Waals surface area contributed by atoms with Crippen LogP contribution in [0.2, 0.25) is 0 Å². The lowest BCUT2D eigenvalue weighted by molar-refractivity contribution is 0.102. The van der Waals surface area contributed by atoms with E-state index in [1.54, 1.807) is 12.1 Å². The molecule has 0 saturated heterocycles. The standard InChI is InChI=1S/C14H10N2O2S/c1-8(17)11-6-7-12(19-11)13-9-4-2-3-5-10(9)14(18)16-15-13/h2-7H,1H3,(H,16,18). The lowest BCUT2D eigenvalue weighted by atomic mass is 10.1. The van der Waals surface area contributed by atoms with Crippen LogP contribution < -0.4 is 5.56 Å². The zero-order chi connectivity index (χ0) is 13.4. The third-order valence-corrected chi connectivity index (χ3v) is 4.08. The van der Waals surface area contributed by atoms with Crippen molar-refractivity contribution in [3.63, 3.8) is 0 Å². The summed E-state index contributed by atoms with van der Waals surface area (Å²) >= 11 is 1.38. The van der Waals surface area contributed by atoms with E-state index in [4.69, 9.17) is 0 Å². The van der Waals surface area contributed by atoms with E-state index in [9.17, 15) is 9.59 Å². The zero-order valence-corrected chi connectivity index (χ0v) is 11.0. The van der Waals surface area contributed by atoms with Gasteiger partial charge in [-0.1, -0.05) is 18.2 Å². The quantitative estimate of drug-likeness (QED) is 0.728. The number of thiophene rings is 1. The van der Waals surface area contributed by atoms with Gasteiger partial charge >= 0.3 is 0 Å². The average molecular weight is 270 g/mol. The molecule has 2 aromatic heterocycles. The summed E-state index contributed by atoms with van der Waals surface area (Å²) in [6.45, 7) is 1.54. The Labute approximate surface area is 112 Å². The van der Waals surface area contributed by atoms with Crippen molar-refractivity contribution in [2.45, 2.75) is 6.92 Å². The number of hydrogen-bond donors (Lipinski definition) is 1. The minimum Gasteiger partial charge on any atom is -0.294 e. The fraction of sp³-hybridized carbons (Fsp3) is 0.0714. The fourth-order valence-corrected chi connectivity index (χ4v) is 2.86. The molecule has 0 radical (unpaired) electrons. The van der Waals surface area contributed by atoms with Crippen LogP contribution in [0.25, 0.3) is 21.3 Å². The topological polar surface area (TPSA) is 62.8 Å². The molecule has 0 amide bonds. The van der Waals surface area contributed by atoms with Crippen molar-refractivity contribution in [2.75, 3.05) is 0 Å². The highest BCUT2D eigenvalue weighted by atomic mass is 32.1. The normalized spacial score (nSPS) is 10.8. The Morgan fingerprint density at radius 2 is 1.89 bits per heavy atom. The number of carbonyl (C=O) groups is 1. The molecule has 1 aromatic carbocycles. The molecule has 0 unspecified atom stereocenters. The first-order valence-corrected chi connectivity index (χ1v) is 6.57. The van der Waals surface area contributed by atoms with Crippen LogP contribution in [0.15, 0.2) is 41.2 Å². The Hall–Kier alpha value is -2.27. The molecule has 4 nitrogen and oxygen atoms in total. The first kappa shape index (κ1) is 11.8. The van der Waals surface area contributed by atoms with E-state index < -0.39 is 0 Å². The van der Waals surface area contributed by atoms with Gasteiger partial charge in [0.05, 0.1) is 15.1 Å². The zero-order valence-electron chi connectivity index (χ0n) is 10.1. The summed E-state index contributed by atoms with van der Waals surface area (Å²) in [7, 11) is 0. The van der Waals surface area contributed by atoms with Gasteiger partial charge in [-0.15, -0.1) is 11.3 Å². The molecular weight excluding hydrogens is 260 g/mol. The van der Waals surface area contributed by atoms with Crippen LogP contribution in [0, 0.1) is 0 Å². The van der Waals surface area contributed by atoms with Crippen LogP contribution in [0.5, 0.6) is 0 Å². The van der Waals surface area contributed by atoms with Crippen molar-refractivity contribution in [3.05, 3.63) is 51.6 Å². The summed E-state index contributed by atoms with van der Waals surface area (Å²) in [4.78, 5) is 24.6. The van der Waals surface area contributed by atoms with E-state index in [1.165, 1.54) is 18.3 Å². The third kappa shape index (κ3) is 1.98. The van der Waals surface area contributed by atoms with Crippen LogP contribution in [-0.2, 0) is 0 Å². The van der Waals surface area contributed by atoms with Gasteiger partial charge < -0.3 is 0 Å². The smallest absolute Gasteiger partial charge is 0.272 e. The van der Waals surface area contributed by atoms with Crippen molar-refractivity contribution in [1.82, 2.24) is 10.2 Å². The Balaban J connectivity index is 2.27. The Morgan fingerprint density at radius 1 is 1.16 bits per heavy atom. The molecule has 0 atom stereocenters. The van der Waals surface area contributed by atoms with E-state index in [2.05, 4.69) is 10.2 Å². The highest BCUT2D eigenvalue weighted by molar-refractivity contribution is 7.17. The second kappa shape index (κ2) is 4.44. The number of carbonyl (C=O) groups excluding carboxylic acids is 1. The number of rotatable bonds is 2. The van der Waals surface area contributed by atoms with Gasteiger partial charge in [0, 0.05) is 5.39 Å². The van der Waals surface area contributed by atoms with Crippen molar-refractivity contribution in [1.29, 1.82) is 0 Å². The summed E-state index contributed by atoms with van der Waals surface area (Å²) < 4.78 is 0. The summed E-state index contributed by atoms with van der Waals surface area (Å²) in [5.41, 5.74) is 0.496. The number of benzene rings is 1. The van der Waals surface area contributed by atoms with E-state index >= 15 is 0 Å². The second-order valence-electron chi connectivity index (χ2n) is 4.17. The molecule has 94 valence electrons. The van der Waals surface area contributed by atoms with Crippen LogP contribution in [-0.4, -0.2) is 16.0 Å². The molecule has 0 saturated carbocycles. The van der Waals surface area contributed by atoms with Gasteiger partial charge in [-0.05, 0) is 25.1 Å². The van der Waals surface area contributed by atoms with Gasteiger partial charge in [0.1, 0.15) is 5.69 Å². The number of nitrogens with one attached hydrogen (secondary N) is 1. The Bertz CT molecular complexity index is 833. The molecule has 0 bridgehead atoms. The van der Waals surface area contributed by atoms with Gasteiger partial charge in [0.2, 0.25) is 0 Å². The number of fused-ring (bicyclic) bond motifs is 1. The predicted molar refractivity (Wildman–Crippen MR) is 75.7 cm³/mol. The highest BCUT2D eigenvalue weighted by Crippen LogP contribution is 2.30. The van der Waals surface area contributed by atoms with Crippen molar-refractivity contribution < 1.29 is 4.79 Å². The van der Waals surface area contributed by atoms with Crippen LogP contribution in [0.1, 0.15) is 16.6 Å². The lowest BCUT2D eigenvalue weighted by Gasteiger charge is -2.01. The van der Waals surface area contributed by atoms with Crippen molar-refractivity contribution >= 4 is 27.9 Å². The summed E-state index contributed by atoms with van der Waals surface area (Å²) in [6.07, 6.45) is 0. The van der Waals surface area contributed by atoms with Gasteiger partial charge in [-0.3, -0.25) is 9.59 Å². The first-order chi connectivity index (χ1) is 9.16. The molecule has 0 aliphatic carbocycles. The molecule has 1 N–H and O–H groups in total. The van der Waals surface area contributed by atoms with Crippen LogP contribution >= 0.6 is 11.3 Å². The largest absolute Gasteiger partial charge is 0.294 e. The molecule has 19 heavy (non-hydrogen) atoms. The second-order valence-corrected chi connectivity index (χ2v) is 5.25. The molecule has 0 spiro atoms. The monoisotopic (exact) mass is 270 g/mol. The number of aromatic nitrogens is 2. The number of aromatic amines is 1. The van der Waals surface area contributed by atoms with Gasteiger partial charge in [-0.25, -0.2) is 5.10 Å². The maximum Gasteiger partial charge on any atom is 0.272 e. The molecule has 5 heteroatoms. The van der Waals surface area contributed by atoms with E-state index in [0.29, 0.717) is 16.0 Å². The maximum atomic E-state index is 11.7. The minimum atomic E-state index is -0.206. The number of nitrogens with zero attached hydrogens (tertiary/aromatic N) is 1. The van der Waals surface area contributed by atoms with Crippen molar-refractivity contribution in [2.24, 2.45) is 0 Å². The first-order valence-electron chi connectivity index (χ1n) is 5.75. The summed E-state index contributed by atoms with van der Waals surface area (Å²) in [5, 5.41) is 8.00. The molecular formula is C14H10N2O2S. The van der Waals surface area contributed by atoms with E-state index in [-0.39, 0.29) is 11.3 Å². The molecule has 0 aliphatic heterocycles. The lowest BCUT2D eigenvalue weighted by Crippen LogP contribution is -2.08. The summed E-state index contributed by atoms with van der Waals surface area (Å²) in [6, 6.07) is 10.9. The highest BCUT2D eigenvalue weighted by Gasteiger charge is 2.11. The molecule has 2 heterocycles. The van der Waals surface area contributed by atoms with Gasteiger partial charge in [0.15, 0.2) is 5.78 Å².